The van der Waals surface area contributed by atoms with Gasteiger partial charge in [-0.15, -0.1) is 11.3 Å². The number of aromatic nitrogens is 1. The minimum absolute atomic E-state index is 1.16. The van der Waals surface area contributed by atoms with Gasteiger partial charge in [-0.05, 0) is 30.2 Å². The van der Waals surface area contributed by atoms with E-state index in [0.29, 0.717) is 0 Å². The summed E-state index contributed by atoms with van der Waals surface area (Å²) < 4.78 is 5.19. The molecule has 0 saturated carbocycles. The summed E-state index contributed by atoms with van der Waals surface area (Å²) in [5.41, 5.74) is 4.12. The van der Waals surface area contributed by atoms with Crippen LogP contribution < -0.4 is 0 Å². The fourth-order valence-corrected chi connectivity index (χ4v) is 5.24. The summed E-state index contributed by atoms with van der Waals surface area (Å²) in [6.07, 6.45) is 2.35. The van der Waals surface area contributed by atoms with Crippen molar-refractivity contribution in [1.29, 1.82) is 0 Å². The Labute approximate surface area is 145 Å². The molecule has 118 valence electrons. The van der Waals surface area contributed by atoms with Gasteiger partial charge in [-0.25, -0.2) is 0 Å². The summed E-state index contributed by atoms with van der Waals surface area (Å²) in [7, 11) is 2.17. The first-order chi connectivity index (χ1) is 11.8. The van der Waals surface area contributed by atoms with Gasteiger partial charge < -0.3 is 4.57 Å². The fraction of sp³-hybridized carbons (Fsp3) is 0.182. The van der Waals surface area contributed by atoms with Gasteiger partial charge in [0.05, 0.1) is 0 Å². The topological polar surface area (TPSA) is 4.93 Å². The number of benzene rings is 3. The van der Waals surface area contributed by atoms with Gasteiger partial charge in [0.15, 0.2) is 0 Å². The summed E-state index contributed by atoms with van der Waals surface area (Å²) >= 11 is 1.95. The first kappa shape index (κ1) is 14.1. The molecule has 5 aromatic rings. The Morgan fingerprint density at radius 1 is 0.833 bits per heavy atom. The van der Waals surface area contributed by atoms with Crippen LogP contribution in [0, 0.1) is 0 Å². The Kier molecular flexibility index (Phi) is 2.98. The normalized spacial score (nSPS) is 12.1. The summed E-state index contributed by atoms with van der Waals surface area (Å²) in [6.45, 7) is 2.26. The van der Waals surface area contributed by atoms with E-state index in [-0.39, 0.29) is 0 Å². The van der Waals surface area contributed by atoms with Gasteiger partial charge >= 0.3 is 0 Å². The summed E-state index contributed by atoms with van der Waals surface area (Å²) in [6, 6.07) is 20.3. The van der Waals surface area contributed by atoms with Gasteiger partial charge in [-0.2, -0.15) is 0 Å². The lowest BCUT2D eigenvalue weighted by atomic mass is 10.0. The number of rotatable bonds is 2. The molecule has 2 heteroatoms. The molecule has 5 rings (SSSR count). The van der Waals surface area contributed by atoms with Crippen LogP contribution in [0.25, 0.3) is 42.0 Å². The maximum Gasteiger partial charge on any atom is 0.0495 e. The van der Waals surface area contributed by atoms with Crippen molar-refractivity contribution < 1.29 is 0 Å². The van der Waals surface area contributed by atoms with E-state index < -0.39 is 0 Å². The SMILES string of the molecule is CCCc1cccc2c1sc1cc3c4ccccc4n(C)c3cc12. The van der Waals surface area contributed by atoms with Crippen LogP contribution >= 0.6 is 11.3 Å². The first-order valence-corrected chi connectivity index (χ1v) is 9.41. The maximum atomic E-state index is 2.40. The number of aryl methyl sites for hydroxylation is 2. The lowest BCUT2D eigenvalue weighted by Crippen LogP contribution is -1.85. The smallest absolute Gasteiger partial charge is 0.0495 e. The van der Waals surface area contributed by atoms with Gasteiger partial charge in [0.2, 0.25) is 0 Å². The van der Waals surface area contributed by atoms with Crippen molar-refractivity contribution in [3.63, 3.8) is 0 Å². The van der Waals surface area contributed by atoms with Gasteiger partial charge in [0.25, 0.3) is 0 Å². The van der Waals surface area contributed by atoms with E-state index >= 15 is 0 Å². The predicted octanol–water partition coefficient (Wildman–Crippen LogP) is 6.65. The molecule has 1 nitrogen and oxygen atoms in total. The van der Waals surface area contributed by atoms with Crippen molar-refractivity contribution in [3.05, 3.63) is 60.2 Å². The number of thiophene rings is 1. The molecule has 0 radical (unpaired) electrons. The number of nitrogens with zero attached hydrogens (tertiary/aromatic N) is 1. The van der Waals surface area contributed by atoms with Crippen molar-refractivity contribution in [2.45, 2.75) is 19.8 Å². The fourth-order valence-electron chi connectivity index (χ4n) is 3.97. The second-order valence-corrected chi connectivity index (χ2v) is 7.64. The molecule has 2 heterocycles. The third kappa shape index (κ3) is 1.81. The lowest BCUT2D eigenvalue weighted by molar-refractivity contribution is 0.931. The quantitative estimate of drug-likeness (QED) is 0.341. The zero-order valence-electron chi connectivity index (χ0n) is 14.0. The number of hydrogen-bond acceptors (Lipinski definition) is 1. The van der Waals surface area contributed by atoms with Crippen molar-refractivity contribution in [2.75, 3.05) is 0 Å². The molecule has 0 aliphatic carbocycles. The Hall–Kier alpha value is -2.32. The van der Waals surface area contributed by atoms with Crippen molar-refractivity contribution in [3.8, 4) is 0 Å². The second kappa shape index (κ2) is 5.09. The molecule has 0 aliphatic heterocycles. The molecule has 0 N–H and O–H groups in total. The van der Waals surface area contributed by atoms with Gasteiger partial charge in [-0.3, -0.25) is 0 Å². The van der Waals surface area contributed by atoms with E-state index in [4.69, 9.17) is 0 Å². The second-order valence-electron chi connectivity index (χ2n) is 6.59. The molecule has 0 atom stereocenters. The monoisotopic (exact) mass is 329 g/mol. The molecule has 0 fully saturated rings. The molecule has 2 aromatic heterocycles. The van der Waals surface area contributed by atoms with E-state index in [2.05, 4.69) is 73.1 Å². The van der Waals surface area contributed by atoms with Gasteiger partial charge in [0.1, 0.15) is 0 Å². The van der Waals surface area contributed by atoms with E-state index in [1.54, 1.807) is 0 Å². The summed E-state index contributed by atoms with van der Waals surface area (Å²) in [5.74, 6) is 0. The Morgan fingerprint density at radius 2 is 1.67 bits per heavy atom. The average Bonchev–Trinajstić information content (AvgIpc) is 3.11. The molecular weight excluding hydrogens is 310 g/mol. The van der Waals surface area contributed by atoms with Crippen LogP contribution in [-0.4, -0.2) is 4.57 Å². The minimum atomic E-state index is 1.16. The van der Waals surface area contributed by atoms with Crippen LogP contribution in [-0.2, 0) is 13.5 Å². The number of fused-ring (bicyclic) bond motifs is 6. The van der Waals surface area contributed by atoms with E-state index in [9.17, 15) is 0 Å². The first-order valence-electron chi connectivity index (χ1n) is 8.59. The molecule has 0 bridgehead atoms. The third-order valence-corrected chi connectivity index (χ3v) is 6.38. The van der Waals surface area contributed by atoms with Crippen molar-refractivity contribution in [2.24, 2.45) is 7.05 Å². The molecule has 24 heavy (non-hydrogen) atoms. The van der Waals surface area contributed by atoms with Crippen LogP contribution in [0.4, 0.5) is 0 Å². The Balaban J connectivity index is 1.95. The van der Waals surface area contributed by atoms with Gasteiger partial charge in [-0.1, -0.05) is 49.7 Å². The largest absolute Gasteiger partial charge is 0.344 e. The maximum absolute atomic E-state index is 2.40. The molecule has 0 saturated heterocycles. The zero-order valence-corrected chi connectivity index (χ0v) is 14.8. The van der Waals surface area contributed by atoms with E-state index in [1.807, 2.05) is 11.3 Å². The van der Waals surface area contributed by atoms with Crippen LogP contribution in [0.5, 0.6) is 0 Å². The van der Waals surface area contributed by atoms with Crippen LogP contribution in [0.3, 0.4) is 0 Å². The summed E-state index contributed by atoms with van der Waals surface area (Å²) in [5, 5.41) is 5.52. The lowest BCUT2D eigenvalue weighted by Gasteiger charge is -2.00. The molecule has 3 aromatic carbocycles. The van der Waals surface area contributed by atoms with Crippen LogP contribution in [0.2, 0.25) is 0 Å². The molecule has 0 aliphatic rings. The standard InChI is InChI=1S/C22H19NS/c1-3-7-14-8-6-10-16-18-12-20-17(13-21(18)24-22(14)16)15-9-4-5-11-19(15)23(20)2/h4-6,8-13H,3,7H2,1-2H3. The van der Waals surface area contributed by atoms with Crippen molar-refractivity contribution >= 4 is 53.3 Å². The highest BCUT2D eigenvalue weighted by atomic mass is 32.1. The summed E-state index contributed by atoms with van der Waals surface area (Å²) in [4.78, 5) is 0. The van der Waals surface area contributed by atoms with E-state index in [0.717, 1.165) is 6.42 Å². The highest BCUT2D eigenvalue weighted by Crippen LogP contribution is 2.40. The Morgan fingerprint density at radius 3 is 2.54 bits per heavy atom. The minimum Gasteiger partial charge on any atom is -0.344 e. The number of hydrogen-bond donors (Lipinski definition) is 0. The Bertz CT molecular complexity index is 1220. The predicted molar refractivity (Wildman–Crippen MR) is 107 cm³/mol. The van der Waals surface area contributed by atoms with Crippen LogP contribution in [0.15, 0.2) is 54.6 Å². The van der Waals surface area contributed by atoms with Gasteiger partial charge in [0, 0.05) is 49.0 Å². The van der Waals surface area contributed by atoms with E-state index in [1.165, 1.54) is 54.0 Å². The zero-order chi connectivity index (χ0) is 16.3. The third-order valence-electron chi connectivity index (χ3n) is 5.13. The highest BCUT2D eigenvalue weighted by Gasteiger charge is 2.13. The molecule has 0 unspecified atom stereocenters. The van der Waals surface area contributed by atoms with Crippen molar-refractivity contribution in [1.82, 2.24) is 4.57 Å². The highest BCUT2D eigenvalue weighted by molar-refractivity contribution is 7.26. The average molecular weight is 329 g/mol. The molecule has 0 spiro atoms. The molecular formula is C22H19NS. The molecule has 0 amide bonds. The number of para-hydroxylation sites is 1. The van der Waals surface area contributed by atoms with Crippen LogP contribution in [0.1, 0.15) is 18.9 Å².